The third kappa shape index (κ3) is 3.66. The standard InChI is InChI=1S/C19H20FN3O4/c20-16-3-1-2-4-17(16)26-14-7-8-22(10-14)18-6-5-13(9-21-18)23-11-15(12-24)27-19(23)25/h1-6,9,14-15,24H,7-8,10-12H2/t14?,15-/m0/s1. The number of nitrogens with zero attached hydrogens (tertiary/aromatic N) is 3. The van der Waals surface area contributed by atoms with E-state index in [9.17, 15) is 9.18 Å². The summed E-state index contributed by atoms with van der Waals surface area (Å²) in [6, 6.07) is 10.0. The van der Waals surface area contributed by atoms with Gasteiger partial charge < -0.3 is 19.5 Å². The molecule has 8 heteroatoms. The zero-order valence-electron chi connectivity index (χ0n) is 14.6. The lowest BCUT2D eigenvalue weighted by Crippen LogP contribution is -2.27. The van der Waals surface area contributed by atoms with Crippen LogP contribution in [-0.4, -0.2) is 54.6 Å². The predicted molar refractivity (Wildman–Crippen MR) is 96.6 cm³/mol. The second-order valence-corrected chi connectivity index (χ2v) is 6.58. The fraction of sp³-hybridized carbons (Fsp3) is 0.368. The van der Waals surface area contributed by atoms with Crippen LogP contribution in [0.25, 0.3) is 0 Å². The Labute approximate surface area is 155 Å². The molecule has 2 fully saturated rings. The maximum Gasteiger partial charge on any atom is 0.414 e. The highest BCUT2D eigenvalue weighted by Crippen LogP contribution is 2.26. The molecule has 27 heavy (non-hydrogen) atoms. The highest BCUT2D eigenvalue weighted by Gasteiger charge is 2.32. The van der Waals surface area contributed by atoms with Gasteiger partial charge in [-0.15, -0.1) is 0 Å². The largest absolute Gasteiger partial charge is 0.485 e. The van der Waals surface area contributed by atoms with E-state index in [1.807, 2.05) is 6.07 Å². The SMILES string of the molecule is O=C1O[C@H](CO)CN1c1ccc(N2CCC(Oc3ccccc3F)C2)nc1. The summed E-state index contributed by atoms with van der Waals surface area (Å²) in [5.41, 5.74) is 0.623. The quantitative estimate of drug-likeness (QED) is 0.866. The van der Waals surface area contributed by atoms with Gasteiger partial charge in [-0.05, 0) is 24.3 Å². The molecule has 3 heterocycles. The van der Waals surface area contributed by atoms with Gasteiger partial charge in [-0.2, -0.15) is 0 Å². The molecule has 1 amide bonds. The van der Waals surface area contributed by atoms with Crippen LogP contribution in [0.2, 0.25) is 0 Å². The van der Waals surface area contributed by atoms with Crippen molar-refractivity contribution < 1.29 is 23.8 Å². The summed E-state index contributed by atoms with van der Waals surface area (Å²) < 4.78 is 24.5. The minimum Gasteiger partial charge on any atom is -0.485 e. The second kappa shape index (κ2) is 7.40. The maximum absolute atomic E-state index is 13.7. The van der Waals surface area contributed by atoms with Crippen LogP contribution in [0.1, 0.15) is 6.42 Å². The van der Waals surface area contributed by atoms with Crippen molar-refractivity contribution >= 4 is 17.6 Å². The smallest absolute Gasteiger partial charge is 0.414 e. The van der Waals surface area contributed by atoms with E-state index in [4.69, 9.17) is 14.6 Å². The number of pyridine rings is 1. The highest BCUT2D eigenvalue weighted by atomic mass is 19.1. The Hall–Kier alpha value is -2.87. The summed E-state index contributed by atoms with van der Waals surface area (Å²) >= 11 is 0. The third-order valence-corrected chi connectivity index (χ3v) is 4.72. The number of carbonyl (C=O) groups excluding carboxylic acids is 1. The molecule has 2 saturated heterocycles. The summed E-state index contributed by atoms with van der Waals surface area (Å²) in [7, 11) is 0. The van der Waals surface area contributed by atoms with E-state index >= 15 is 0 Å². The van der Waals surface area contributed by atoms with Gasteiger partial charge >= 0.3 is 6.09 Å². The van der Waals surface area contributed by atoms with Crippen LogP contribution in [0.15, 0.2) is 42.6 Å². The van der Waals surface area contributed by atoms with Crippen molar-refractivity contribution in [3.05, 3.63) is 48.4 Å². The Balaban J connectivity index is 1.39. The molecule has 2 aliphatic rings. The summed E-state index contributed by atoms with van der Waals surface area (Å²) in [5, 5.41) is 9.12. The number of anilines is 2. The van der Waals surface area contributed by atoms with E-state index in [-0.39, 0.29) is 24.3 Å². The maximum atomic E-state index is 13.7. The first-order chi connectivity index (χ1) is 13.1. The predicted octanol–water partition coefficient (Wildman–Crippen LogP) is 2.20. The van der Waals surface area contributed by atoms with Crippen LogP contribution in [0, 0.1) is 5.82 Å². The molecule has 0 radical (unpaired) electrons. The average molecular weight is 373 g/mol. The van der Waals surface area contributed by atoms with Gasteiger partial charge in [0.1, 0.15) is 18.0 Å². The molecule has 142 valence electrons. The lowest BCUT2D eigenvalue weighted by molar-refractivity contribution is 0.0963. The van der Waals surface area contributed by atoms with Crippen molar-refractivity contribution in [1.82, 2.24) is 4.98 Å². The van der Waals surface area contributed by atoms with Crippen molar-refractivity contribution in [1.29, 1.82) is 0 Å². The molecular formula is C19H20FN3O4. The Kier molecular flexibility index (Phi) is 4.81. The van der Waals surface area contributed by atoms with Crippen LogP contribution in [0.4, 0.5) is 20.7 Å². The fourth-order valence-corrected chi connectivity index (χ4v) is 3.30. The van der Waals surface area contributed by atoms with Crippen molar-refractivity contribution in [2.24, 2.45) is 0 Å². The van der Waals surface area contributed by atoms with Crippen molar-refractivity contribution in [2.45, 2.75) is 18.6 Å². The van der Waals surface area contributed by atoms with Crippen LogP contribution in [0.3, 0.4) is 0 Å². The topological polar surface area (TPSA) is 75.1 Å². The van der Waals surface area contributed by atoms with E-state index in [1.54, 1.807) is 30.5 Å². The molecule has 1 unspecified atom stereocenters. The molecule has 1 aromatic heterocycles. The first kappa shape index (κ1) is 17.5. The van der Waals surface area contributed by atoms with E-state index in [0.29, 0.717) is 18.8 Å². The number of para-hydroxylation sites is 1. The molecule has 0 spiro atoms. The number of rotatable bonds is 5. The van der Waals surface area contributed by atoms with Crippen LogP contribution in [-0.2, 0) is 4.74 Å². The van der Waals surface area contributed by atoms with Crippen molar-refractivity contribution in [2.75, 3.05) is 36.0 Å². The molecule has 0 aliphatic carbocycles. The van der Waals surface area contributed by atoms with Crippen LogP contribution < -0.4 is 14.5 Å². The monoisotopic (exact) mass is 373 g/mol. The molecule has 2 atom stereocenters. The van der Waals surface area contributed by atoms with Crippen molar-refractivity contribution in [3.63, 3.8) is 0 Å². The first-order valence-electron chi connectivity index (χ1n) is 8.85. The van der Waals surface area contributed by atoms with Gasteiger partial charge in [0, 0.05) is 13.0 Å². The molecule has 2 aliphatic heterocycles. The summed E-state index contributed by atoms with van der Waals surface area (Å²) in [4.78, 5) is 19.8. The zero-order chi connectivity index (χ0) is 18.8. The lowest BCUT2D eigenvalue weighted by atomic mass is 10.3. The van der Waals surface area contributed by atoms with Crippen LogP contribution >= 0.6 is 0 Å². The van der Waals surface area contributed by atoms with E-state index < -0.39 is 12.2 Å². The molecule has 4 rings (SSSR count). The molecule has 1 aromatic carbocycles. The van der Waals surface area contributed by atoms with Gasteiger partial charge in [0.2, 0.25) is 0 Å². The molecule has 7 nitrogen and oxygen atoms in total. The second-order valence-electron chi connectivity index (χ2n) is 6.58. The van der Waals surface area contributed by atoms with Crippen LogP contribution in [0.5, 0.6) is 5.75 Å². The number of halogens is 1. The average Bonchev–Trinajstić information content (AvgIpc) is 3.30. The van der Waals surface area contributed by atoms with Gasteiger partial charge in [0.15, 0.2) is 11.6 Å². The Bertz CT molecular complexity index is 817. The number of hydrogen-bond donors (Lipinski definition) is 1. The van der Waals surface area contributed by atoms with E-state index in [2.05, 4.69) is 9.88 Å². The molecule has 2 aromatic rings. The van der Waals surface area contributed by atoms with Gasteiger partial charge in [0.25, 0.3) is 0 Å². The Morgan fingerprint density at radius 3 is 2.81 bits per heavy atom. The number of cyclic esters (lactones) is 1. The minimum atomic E-state index is -0.507. The number of aliphatic hydroxyl groups excluding tert-OH is 1. The summed E-state index contributed by atoms with van der Waals surface area (Å²) in [6.07, 6.45) is 1.29. The lowest BCUT2D eigenvalue weighted by Gasteiger charge is -2.19. The zero-order valence-corrected chi connectivity index (χ0v) is 14.6. The van der Waals surface area contributed by atoms with Gasteiger partial charge in [-0.25, -0.2) is 14.2 Å². The number of aromatic nitrogens is 1. The number of benzene rings is 1. The van der Waals surface area contributed by atoms with Gasteiger partial charge in [-0.1, -0.05) is 12.1 Å². The Morgan fingerprint density at radius 2 is 2.11 bits per heavy atom. The van der Waals surface area contributed by atoms with E-state index in [0.717, 1.165) is 18.8 Å². The number of hydrogen-bond acceptors (Lipinski definition) is 6. The third-order valence-electron chi connectivity index (χ3n) is 4.72. The fourth-order valence-electron chi connectivity index (χ4n) is 3.30. The molecule has 1 N–H and O–H groups in total. The van der Waals surface area contributed by atoms with E-state index in [1.165, 1.54) is 11.0 Å². The van der Waals surface area contributed by atoms with Gasteiger partial charge in [0.05, 0.1) is 31.6 Å². The number of carbonyl (C=O) groups is 1. The van der Waals surface area contributed by atoms with Crippen molar-refractivity contribution in [3.8, 4) is 5.75 Å². The molecular weight excluding hydrogens is 353 g/mol. The summed E-state index contributed by atoms with van der Waals surface area (Å²) in [6.45, 7) is 1.46. The minimum absolute atomic E-state index is 0.109. The molecule has 0 saturated carbocycles. The normalized spacial score (nSPS) is 22.2. The highest BCUT2D eigenvalue weighted by molar-refractivity contribution is 5.89. The first-order valence-corrected chi connectivity index (χ1v) is 8.85. The van der Waals surface area contributed by atoms with Gasteiger partial charge in [-0.3, -0.25) is 4.90 Å². The number of aliphatic hydroxyl groups is 1. The number of ether oxygens (including phenoxy) is 2. The Morgan fingerprint density at radius 1 is 1.26 bits per heavy atom. The summed E-state index contributed by atoms with van der Waals surface area (Å²) in [5.74, 6) is 0.667. The molecule has 0 bridgehead atoms. The number of amides is 1.